The summed E-state index contributed by atoms with van der Waals surface area (Å²) in [5.41, 5.74) is 0. The molecular weight excluding hydrogens is 311 g/mol. The summed E-state index contributed by atoms with van der Waals surface area (Å²) in [4.78, 5) is 0. The molecule has 3 N–H and O–H groups in total. The Labute approximate surface area is 76.6 Å². The van der Waals surface area contributed by atoms with Gasteiger partial charge in [-0.25, -0.2) is 0 Å². The normalized spacial score (nSPS) is 8.43. The molecule has 7 heavy (non-hydrogen) atoms. The minimum absolute atomic E-state index is 0. The van der Waals surface area contributed by atoms with E-state index in [2.05, 4.69) is 0 Å². The van der Waals surface area contributed by atoms with Gasteiger partial charge in [0.2, 0.25) is 0 Å². The number of hydrogen-bond donors (Lipinski definition) is 3. The number of hydrogen-bond acceptors (Lipinski definition) is 1. The van der Waals surface area contributed by atoms with Crippen LogP contribution in [0.25, 0.3) is 0 Å². The van der Waals surface area contributed by atoms with Gasteiger partial charge in [0.25, 0.3) is 0 Å². The molecular formula is H6LiO4SbSn. The quantitative estimate of drug-likeness (QED) is 0.389. The van der Waals surface area contributed by atoms with Gasteiger partial charge in [0.1, 0.15) is 0 Å². The Kier molecular flexibility index (Phi) is 13.7. The van der Waals surface area contributed by atoms with E-state index in [4.69, 9.17) is 13.2 Å². The van der Waals surface area contributed by atoms with Crippen molar-refractivity contribution in [2.24, 2.45) is 0 Å². The van der Waals surface area contributed by atoms with Crippen LogP contribution in [0.2, 0.25) is 0 Å². The second-order valence-corrected chi connectivity index (χ2v) is 3.44. The van der Waals surface area contributed by atoms with Crippen LogP contribution >= 0.6 is 0 Å². The molecule has 0 saturated carbocycles. The first kappa shape index (κ1) is 16.0. The predicted molar refractivity (Wildman–Crippen MR) is 22.8 cm³/mol. The van der Waals surface area contributed by atoms with Gasteiger partial charge in [0, 0.05) is 0 Å². The molecule has 4 nitrogen and oxygen atoms in total. The van der Waals surface area contributed by atoms with Crippen molar-refractivity contribution in [1.82, 2.24) is 0 Å². The first-order valence-corrected chi connectivity index (χ1v) is 5.25. The van der Waals surface area contributed by atoms with Crippen molar-refractivity contribution in [2.45, 2.75) is 0 Å². The van der Waals surface area contributed by atoms with Crippen molar-refractivity contribution in [3.8, 4) is 0 Å². The molecule has 0 bridgehead atoms. The van der Waals surface area contributed by atoms with Crippen LogP contribution in [-0.4, -0.2) is 54.1 Å². The van der Waals surface area contributed by atoms with Gasteiger partial charge in [-0.15, -0.1) is 0 Å². The van der Waals surface area contributed by atoms with Gasteiger partial charge >= 0.3 is 76.0 Å². The molecule has 0 unspecified atom stereocenters. The summed E-state index contributed by atoms with van der Waals surface area (Å²) in [6.07, 6.45) is 0. The third-order valence-corrected chi connectivity index (χ3v) is 0. The summed E-state index contributed by atoms with van der Waals surface area (Å²) in [6, 6.07) is 0. The Morgan fingerprint density at radius 3 is 1.29 bits per heavy atom. The van der Waals surface area contributed by atoms with Crippen LogP contribution in [0.15, 0.2) is 0 Å². The van der Waals surface area contributed by atoms with E-state index >= 15 is 0 Å². The van der Waals surface area contributed by atoms with Crippen LogP contribution in [0.1, 0.15) is 1.43 Å². The molecule has 0 amide bonds. The van der Waals surface area contributed by atoms with Crippen LogP contribution in [0, 0.1) is 0 Å². The minimum atomic E-state index is -5.35. The van der Waals surface area contributed by atoms with E-state index in [-0.39, 0.29) is 44.2 Å². The van der Waals surface area contributed by atoms with Crippen molar-refractivity contribution in [2.75, 3.05) is 0 Å². The first-order chi connectivity index (χ1) is 2.00. The van der Waals surface area contributed by atoms with Crippen LogP contribution in [-0.2, 0) is 3.02 Å². The van der Waals surface area contributed by atoms with Crippen LogP contribution in [0.4, 0.5) is 0 Å². The van der Waals surface area contributed by atoms with Gasteiger partial charge in [-0.3, -0.25) is 0 Å². The molecule has 0 aliphatic rings. The van der Waals surface area contributed by atoms with E-state index in [0.717, 1.165) is 0 Å². The van der Waals surface area contributed by atoms with E-state index in [9.17, 15) is 0 Å². The first-order valence-electron chi connectivity index (χ1n) is 0.783. The molecule has 0 aliphatic carbocycles. The van der Waals surface area contributed by atoms with E-state index in [1.54, 1.807) is 0 Å². The zero-order chi connectivity index (χ0) is 4.50. The molecule has 0 fully saturated rings. The number of rotatable bonds is 0. The second kappa shape index (κ2) is 6.02. The Morgan fingerprint density at radius 1 is 1.29 bits per heavy atom. The Bertz CT molecular complexity index is 62.2. The predicted octanol–water partition coefficient (Wildman–Crippen LogP) is -5.97. The van der Waals surface area contributed by atoms with E-state index < -0.39 is 20.1 Å². The Hall–Kier alpha value is 1.89. The maximum atomic E-state index is 8.97. The topological polar surface area (TPSA) is 77.8 Å². The summed E-state index contributed by atoms with van der Waals surface area (Å²) in [7, 11) is 0. The summed E-state index contributed by atoms with van der Waals surface area (Å²) in [5.74, 6) is 0. The Balaban J connectivity index is -0.0000000267. The SMILES string of the molecule is [H-].[Li+].[O]=[Sb]([OH])([OH])[OH].[SnH2]. The van der Waals surface area contributed by atoms with E-state index in [0.29, 0.717) is 0 Å². The molecule has 0 aromatic heterocycles. The van der Waals surface area contributed by atoms with Crippen LogP contribution in [0.3, 0.4) is 0 Å². The fourth-order valence-corrected chi connectivity index (χ4v) is 0. The third kappa shape index (κ3) is 76.4. The zero-order valence-corrected chi connectivity index (χ0v) is 10.5. The van der Waals surface area contributed by atoms with Crippen LogP contribution in [0.5, 0.6) is 0 Å². The molecule has 0 rings (SSSR count). The van der Waals surface area contributed by atoms with Crippen molar-refractivity contribution >= 4 is 44.0 Å². The van der Waals surface area contributed by atoms with Crippen molar-refractivity contribution in [1.29, 1.82) is 0 Å². The van der Waals surface area contributed by atoms with E-state index in [1.807, 2.05) is 0 Å². The second-order valence-electron chi connectivity index (χ2n) is 0.513. The summed E-state index contributed by atoms with van der Waals surface area (Å²) < 4.78 is 30.8. The molecule has 0 spiro atoms. The molecule has 0 heterocycles. The van der Waals surface area contributed by atoms with Crippen molar-refractivity contribution in [3.63, 3.8) is 0 Å². The van der Waals surface area contributed by atoms with Gasteiger partial charge in [-0.05, 0) is 0 Å². The van der Waals surface area contributed by atoms with Crippen molar-refractivity contribution in [3.05, 3.63) is 0 Å². The summed E-state index contributed by atoms with van der Waals surface area (Å²) >= 11 is -5.35. The average Bonchev–Trinajstić information content (AvgIpc) is 0.722. The van der Waals surface area contributed by atoms with Gasteiger partial charge < -0.3 is 1.43 Å². The molecule has 0 atom stereocenters. The average molecular weight is 317 g/mol. The molecule has 2 radical (unpaired) electrons. The molecule has 0 aliphatic heterocycles. The van der Waals surface area contributed by atoms with Crippen molar-refractivity contribution < 1.29 is 33.5 Å². The zero-order valence-electron chi connectivity index (χ0n) is 4.90. The molecule has 7 heteroatoms. The van der Waals surface area contributed by atoms with Crippen LogP contribution < -0.4 is 18.9 Å². The molecule has 0 aromatic rings. The van der Waals surface area contributed by atoms with Gasteiger partial charge in [0.15, 0.2) is 0 Å². The summed E-state index contributed by atoms with van der Waals surface area (Å²) in [6.45, 7) is 0. The van der Waals surface area contributed by atoms with Gasteiger partial charge in [-0.2, -0.15) is 0 Å². The van der Waals surface area contributed by atoms with Gasteiger partial charge in [-0.1, -0.05) is 0 Å². The fourth-order valence-electron chi connectivity index (χ4n) is 0. The molecule has 0 aromatic carbocycles. The molecule has 0 saturated heterocycles. The molecule has 40 valence electrons. The fraction of sp³-hybridized carbons (Fsp3) is 0. The monoisotopic (exact) mass is 318 g/mol. The standard InChI is InChI=1S/Li.3H2O.O.Sb.Sn.3H/h;3*1H2;;;;;;/q+1;;;;;+3;;;;-1/p-3. The van der Waals surface area contributed by atoms with Gasteiger partial charge in [0.05, 0.1) is 0 Å². The Morgan fingerprint density at radius 2 is 1.29 bits per heavy atom. The maximum absolute atomic E-state index is 8.97. The van der Waals surface area contributed by atoms with E-state index in [1.165, 1.54) is 0 Å². The third-order valence-electron chi connectivity index (χ3n) is 0. The summed E-state index contributed by atoms with van der Waals surface area (Å²) in [5, 5.41) is 0.